The molecule has 0 aromatic heterocycles. The van der Waals surface area contributed by atoms with Gasteiger partial charge in [0.1, 0.15) is 12.4 Å². The van der Waals surface area contributed by atoms with Crippen LogP contribution in [0.3, 0.4) is 0 Å². The summed E-state index contributed by atoms with van der Waals surface area (Å²) in [7, 11) is 0. The number of Topliss-reactive ketones (excluding diaryl/α,β-unsaturated/α-hetero) is 1. The molecule has 0 spiro atoms. The molecule has 3 aliphatic rings. The van der Waals surface area contributed by atoms with E-state index in [2.05, 4.69) is 20.9 Å². The quantitative estimate of drug-likeness (QED) is 0.573. The van der Waals surface area contributed by atoms with Gasteiger partial charge in [-0.2, -0.15) is 0 Å². The number of hydrogen-bond acceptors (Lipinski definition) is 7. The summed E-state index contributed by atoms with van der Waals surface area (Å²) >= 11 is 3.39. The van der Waals surface area contributed by atoms with Crippen molar-refractivity contribution < 1.29 is 28.9 Å². The SMILES string of the molecule is CCOc1cc([C@H]2C(C(=O)OC[C@H]3CCCO3)=C(C)N=C3CCCC(=O)C32)cc(Br)c1O. The van der Waals surface area contributed by atoms with Crippen LogP contribution >= 0.6 is 15.9 Å². The van der Waals surface area contributed by atoms with E-state index in [0.717, 1.165) is 31.4 Å². The maximum absolute atomic E-state index is 13.3. The minimum absolute atomic E-state index is 0.0153. The number of carbonyl (C=O) groups is 2. The summed E-state index contributed by atoms with van der Waals surface area (Å²) < 4.78 is 17.3. The van der Waals surface area contributed by atoms with Gasteiger partial charge in [-0.05, 0) is 73.2 Å². The lowest BCUT2D eigenvalue weighted by Gasteiger charge is -2.36. The third-order valence-corrected chi connectivity index (χ3v) is 6.87. The smallest absolute Gasteiger partial charge is 0.336 e. The Hall–Kier alpha value is -2.19. The standard InChI is InChI=1S/C24H28BrNO6/c1-3-30-19-11-14(10-16(25)23(19)28)21-20(24(29)32-12-15-6-5-9-31-15)13(2)26-17-7-4-8-18(27)22(17)21/h10-11,15,21-22,28H,3-9,12H2,1-2H3/t15-,21+,22?/m1/s1. The van der Waals surface area contributed by atoms with Gasteiger partial charge in [0.05, 0.1) is 28.7 Å². The normalized spacial score (nSPS) is 25.4. The van der Waals surface area contributed by atoms with E-state index in [1.54, 1.807) is 19.1 Å². The molecule has 2 fully saturated rings. The van der Waals surface area contributed by atoms with Crippen molar-refractivity contribution in [1.29, 1.82) is 0 Å². The Morgan fingerprint density at radius 1 is 1.28 bits per heavy atom. The number of carbonyl (C=O) groups excluding carboxylic acids is 2. The summed E-state index contributed by atoms with van der Waals surface area (Å²) in [6, 6.07) is 3.45. The molecule has 1 aromatic rings. The Kier molecular flexibility index (Phi) is 7.00. The number of aromatic hydroxyl groups is 1. The number of benzene rings is 1. The van der Waals surface area contributed by atoms with E-state index in [1.165, 1.54) is 0 Å². The second-order valence-electron chi connectivity index (χ2n) is 8.39. The van der Waals surface area contributed by atoms with Crippen molar-refractivity contribution in [3.05, 3.63) is 33.4 Å². The second kappa shape index (κ2) is 9.75. The fourth-order valence-electron chi connectivity index (χ4n) is 4.81. The number of rotatable bonds is 6. The summed E-state index contributed by atoms with van der Waals surface area (Å²) in [6.07, 6.45) is 3.66. The molecule has 1 saturated heterocycles. The van der Waals surface area contributed by atoms with E-state index in [4.69, 9.17) is 14.2 Å². The third-order valence-electron chi connectivity index (χ3n) is 6.26. The molecule has 0 radical (unpaired) electrons. The minimum atomic E-state index is -0.552. The van der Waals surface area contributed by atoms with Crippen molar-refractivity contribution >= 4 is 33.4 Å². The number of halogens is 1. The van der Waals surface area contributed by atoms with Gasteiger partial charge in [-0.3, -0.25) is 9.79 Å². The lowest BCUT2D eigenvalue weighted by Crippen LogP contribution is -2.39. The summed E-state index contributed by atoms with van der Waals surface area (Å²) in [5.41, 5.74) is 2.46. The Morgan fingerprint density at radius 2 is 2.09 bits per heavy atom. The van der Waals surface area contributed by atoms with Gasteiger partial charge < -0.3 is 19.3 Å². The van der Waals surface area contributed by atoms with E-state index in [1.807, 2.05) is 6.92 Å². The van der Waals surface area contributed by atoms with Gasteiger partial charge in [0.25, 0.3) is 0 Å². The molecule has 7 nitrogen and oxygen atoms in total. The first kappa shape index (κ1) is 23.0. The first-order valence-electron chi connectivity index (χ1n) is 11.2. The molecule has 2 aliphatic heterocycles. The van der Waals surface area contributed by atoms with Crippen molar-refractivity contribution in [3.63, 3.8) is 0 Å². The highest BCUT2D eigenvalue weighted by Crippen LogP contribution is 2.46. The van der Waals surface area contributed by atoms with Crippen molar-refractivity contribution in [2.75, 3.05) is 19.8 Å². The Labute approximate surface area is 196 Å². The van der Waals surface area contributed by atoms with Gasteiger partial charge in [0.2, 0.25) is 0 Å². The molecule has 3 atom stereocenters. The third kappa shape index (κ3) is 4.48. The van der Waals surface area contributed by atoms with Crippen LogP contribution < -0.4 is 4.74 Å². The number of nitrogens with zero attached hydrogens (tertiary/aromatic N) is 1. The van der Waals surface area contributed by atoms with Crippen LogP contribution in [-0.2, 0) is 19.1 Å². The lowest BCUT2D eigenvalue weighted by atomic mass is 9.69. The molecule has 172 valence electrons. The van der Waals surface area contributed by atoms with Crippen molar-refractivity contribution in [2.24, 2.45) is 10.9 Å². The molecule has 4 rings (SSSR count). The number of ether oxygens (including phenoxy) is 3. The molecule has 1 aliphatic carbocycles. The molecule has 8 heteroatoms. The maximum Gasteiger partial charge on any atom is 0.336 e. The van der Waals surface area contributed by atoms with Gasteiger partial charge in [-0.25, -0.2) is 4.79 Å². The topological polar surface area (TPSA) is 94.4 Å². The van der Waals surface area contributed by atoms with E-state index in [0.29, 0.717) is 46.7 Å². The number of esters is 1. The van der Waals surface area contributed by atoms with Crippen LogP contribution in [-0.4, -0.2) is 48.5 Å². The van der Waals surface area contributed by atoms with Crippen LogP contribution in [0.15, 0.2) is 32.9 Å². The van der Waals surface area contributed by atoms with Crippen molar-refractivity contribution in [2.45, 2.75) is 58.0 Å². The van der Waals surface area contributed by atoms with Crippen LogP contribution in [0.25, 0.3) is 0 Å². The second-order valence-corrected chi connectivity index (χ2v) is 9.25. The molecule has 0 amide bonds. The maximum atomic E-state index is 13.3. The van der Waals surface area contributed by atoms with Gasteiger partial charge in [-0.15, -0.1) is 0 Å². The number of ketones is 1. The largest absolute Gasteiger partial charge is 0.503 e. The zero-order valence-electron chi connectivity index (χ0n) is 18.4. The van der Waals surface area contributed by atoms with Crippen LogP contribution in [0.1, 0.15) is 57.4 Å². The monoisotopic (exact) mass is 505 g/mol. The summed E-state index contributed by atoms with van der Waals surface area (Å²) in [5, 5.41) is 10.4. The molecule has 1 unspecified atom stereocenters. The summed E-state index contributed by atoms with van der Waals surface area (Å²) in [6.45, 7) is 4.85. The first-order chi connectivity index (χ1) is 15.4. The van der Waals surface area contributed by atoms with Crippen LogP contribution in [0.5, 0.6) is 11.5 Å². The van der Waals surface area contributed by atoms with Gasteiger partial charge in [0, 0.05) is 30.4 Å². The predicted octanol–water partition coefficient (Wildman–Crippen LogP) is 4.46. The zero-order chi connectivity index (χ0) is 22.8. The summed E-state index contributed by atoms with van der Waals surface area (Å²) in [4.78, 5) is 31.0. The minimum Gasteiger partial charge on any atom is -0.503 e. The number of phenols is 1. The van der Waals surface area contributed by atoms with Crippen LogP contribution in [0, 0.1) is 5.92 Å². The fourth-order valence-corrected chi connectivity index (χ4v) is 5.27. The van der Waals surface area contributed by atoms with Crippen molar-refractivity contribution in [1.82, 2.24) is 0 Å². The number of hydrogen-bond donors (Lipinski definition) is 1. The zero-order valence-corrected chi connectivity index (χ0v) is 19.9. The molecule has 1 N–H and O–H groups in total. The molecule has 1 aromatic carbocycles. The van der Waals surface area contributed by atoms with Crippen molar-refractivity contribution in [3.8, 4) is 11.5 Å². The Balaban J connectivity index is 1.75. The van der Waals surface area contributed by atoms with Gasteiger partial charge in [-0.1, -0.05) is 0 Å². The number of phenolic OH excluding ortho intramolecular Hbond substituents is 1. The van der Waals surface area contributed by atoms with Gasteiger partial charge >= 0.3 is 5.97 Å². The molecule has 2 heterocycles. The van der Waals surface area contributed by atoms with E-state index in [-0.39, 0.29) is 24.2 Å². The lowest BCUT2D eigenvalue weighted by molar-refractivity contribution is -0.142. The average molecular weight is 506 g/mol. The number of aliphatic imine (C=N–C) groups is 1. The molecule has 0 bridgehead atoms. The van der Waals surface area contributed by atoms with Crippen LogP contribution in [0.4, 0.5) is 0 Å². The van der Waals surface area contributed by atoms with E-state index >= 15 is 0 Å². The molecule has 1 saturated carbocycles. The molecular weight excluding hydrogens is 478 g/mol. The fraction of sp³-hybridized carbons (Fsp3) is 0.542. The predicted molar refractivity (Wildman–Crippen MR) is 122 cm³/mol. The highest BCUT2D eigenvalue weighted by atomic mass is 79.9. The van der Waals surface area contributed by atoms with Crippen LogP contribution in [0.2, 0.25) is 0 Å². The van der Waals surface area contributed by atoms with Gasteiger partial charge in [0.15, 0.2) is 11.5 Å². The first-order valence-corrected chi connectivity index (χ1v) is 11.9. The number of fused-ring (bicyclic) bond motifs is 1. The van der Waals surface area contributed by atoms with E-state index < -0.39 is 17.8 Å². The van der Waals surface area contributed by atoms with E-state index in [9.17, 15) is 14.7 Å². The molecular formula is C24H28BrNO6. The number of allylic oxidation sites excluding steroid dienone is 1. The Morgan fingerprint density at radius 3 is 2.81 bits per heavy atom. The highest BCUT2D eigenvalue weighted by Gasteiger charge is 2.44. The summed E-state index contributed by atoms with van der Waals surface area (Å²) in [5.74, 6) is -1.20. The molecule has 32 heavy (non-hydrogen) atoms. The highest BCUT2D eigenvalue weighted by molar-refractivity contribution is 9.10. The average Bonchev–Trinajstić information content (AvgIpc) is 3.28. The Bertz CT molecular complexity index is 979.